The van der Waals surface area contributed by atoms with Crippen LogP contribution in [0.2, 0.25) is 0 Å². The van der Waals surface area contributed by atoms with Crippen molar-refractivity contribution in [3.63, 3.8) is 0 Å². The van der Waals surface area contributed by atoms with E-state index in [0.717, 1.165) is 29.9 Å². The standard InChI is InChI=1S/C34H36F5N9O4/c1-31(2,3)17-33(23-8-5-20(6-9-23)22-14-42-46(15-22)28(35)36)27(49)48(29(40)44-33)25(16-51-30(50)45-32(4)11-12-32)21-7-10-26(52-34(37,38)39)24(13-21)47-19-41-18-43-47/h5-10,13-15,18-19,25,28H,11-12,16-17H2,1-4H3,(H2,40,44)(H,45,50)/t25-,33-/m1/s1. The molecule has 2 amide bonds. The van der Waals surface area contributed by atoms with E-state index in [9.17, 15) is 31.5 Å². The number of hydrogen-bond acceptors (Lipinski definition) is 9. The van der Waals surface area contributed by atoms with Gasteiger partial charge in [-0.3, -0.25) is 9.69 Å². The lowest BCUT2D eigenvalue weighted by molar-refractivity contribution is -0.274. The normalized spacial score (nSPS) is 19.1. The monoisotopic (exact) mass is 729 g/mol. The molecule has 1 aliphatic carbocycles. The van der Waals surface area contributed by atoms with E-state index in [1.54, 1.807) is 24.3 Å². The summed E-state index contributed by atoms with van der Waals surface area (Å²) in [6, 6.07) is 9.10. The first-order chi connectivity index (χ1) is 24.4. The van der Waals surface area contributed by atoms with E-state index in [1.165, 1.54) is 35.8 Å². The van der Waals surface area contributed by atoms with Gasteiger partial charge in [0, 0.05) is 17.3 Å². The molecule has 0 bridgehead atoms. The number of alkyl halides is 5. The third-order valence-corrected chi connectivity index (χ3v) is 8.76. The summed E-state index contributed by atoms with van der Waals surface area (Å²) in [6.45, 7) is 4.31. The van der Waals surface area contributed by atoms with Crippen molar-refractivity contribution < 1.29 is 41.0 Å². The van der Waals surface area contributed by atoms with Crippen LogP contribution in [0.15, 0.2) is 72.5 Å². The average Bonchev–Trinajstić information content (AvgIpc) is 3.45. The first kappa shape index (κ1) is 36.2. The molecule has 52 heavy (non-hydrogen) atoms. The number of aromatic nitrogens is 5. The summed E-state index contributed by atoms with van der Waals surface area (Å²) >= 11 is 0. The molecule has 2 aliphatic rings. The fraction of sp³-hybridized carbons (Fsp3) is 0.412. The van der Waals surface area contributed by atoms with Gasteiger partial charge in [0.05, 0.1) is 12.2 Å². The van der Waals surface area contributed by atoms with Gasteiger partial charge in [0.25, 0.3) is 5.91 Å². The van der Waals surface area contributed by atoms with Gasteiger partial charge in [-0.2, -0.15) is 19.0 Å². The van der Waals surface area contributed by atoms with Gasteiger partial charge in [-0.15, -0.1) is 13.2 Å². The highest BCUT2D eigenvalue weighted by atomic mass is 19.4. The molecule has 18 heteroatoms. The van der Waals surface area contributed by atoms with Crippen LogP contribution in [0.25, 0.3) is 16.8 Å². The summed E-state index contributed by atoms with van der Waals surface area (Å²) in [5.74, 6) is -1.41. The number of guanidine groups is 1. The highest BCUT2D eigenvalue weighted by Gasteiger charge is 2.53. The zero-order chi connectivity index (χ0) is 37.6. The van der Waals surface area contributed by atoms with Gasteiger partial charge >= 0.3 is 19.0 Å². The van der Waals surface area contributed by atoms with Crippen molar-refractivity contribution >= 4 is 18.0 Å². The minimum Gasteiger partial charge on any atom is -0.447 e. The van der Waals surface area contributed by atoms with Crippen molar-refractivity contribution in [2.45, 2.75) is 77.0 Å². The topological polar surface area (TPSA) is 155 Å². The van der Waals surface area contributed by atoms with Crippen molar-refractivity contribution in [1.82, 2.24) is 34.8 Å². The van der Waals surface area contributed by atoms with Crippen LogP contribution in [0.1, 0.15) is 70.7 Å². The number of alkyl carbamates (subject to hydrolysis) is 1. The third kappa shape index (κ3) is 7.69. The van der Waals surface area contributed by atoms with Crippen LogP contribution >= 0.6 is 0 Å². The number of amides is 2. The summed E-state index contributed by atoms with van der Waals surface area (Å²) in [5.41, 5.74) is 5.52. The van der Waals surface area contributed by atoms with Crippen LogP contribution in [-0.2, 0) is 15.1 Å². The molecular formula is C34H36F5N9O4. The molecule has 2 aromatic heterocycles. The molecule has 2 atom stereocenters. The van der Waals surface area contributed by atoms with Gasteiger partial charge in [0.15, 0.2) is 17.2 Å². The second-order valence-electron chi connectivity index (χ2n) is 14.2. The van der Waals surface area contributed by atoms with Crippen LogP contribution in [0.5, 0.6) is 5.75 Å². The third-order valence-electron chi connectivity index (χ3n) is 8.76. The number of carbonyl (C=O) groups excluding carboxylic acids is 2. The van der Waals surface area contributed by atoms with Crippen molar-refractivity contribution in [2.24, 2.45) is 16.1 Å². The quantitative estimate of drug-likeness (QED) is 0.172. The number of rotatable bonds is 11. The maximum atomic E-state index is 14.9. The SMILES string of the molecule is CC(C)(C)C[C@]1(c2ccc(-c3cnn(C(F)F)c3)cc2)N=C(N)N([C@H](COC(=O)NC2(C)CC2)c2ccc(OC(F)(F)F)c(-n3cncn3)c2)C1=O. The first-order valence-electron chi connectivity index (χ1n) is 16.2. The number of benzene rings is 2. The lowest BCUT2D eigenvalue weighted by Crippen LogP contribution is -2.48. The molecule has 2 aromatic carbocycles. The van der Waals surface area contributed by atoms with Crippen molar-refractivity contribution in [1.29, 1.82) is 0 Å². The molecule has 3 N–H and O–H groups in total. The summed E-state index contributed by atoms with van der Waals surface area (Å²) in [7, 11) is 0. The molecule has 276 valence electrons. The van der Waals surface area contributed by atoms with E-state index in [0.29, 0.717) is 21.4 Å². The second kappa shape index (κ2) is 13.2. The van der Waals surface area contributed by atoms with Crippen LogP contribution in [0.3, 0.4) is 0 Å². The number of hydrogen-bond donors (Lipinski definition) is 2. The number of ether oxygens (including phenoxy) is 2. The Morgan fingerprint density at radius 1 is 1.06 bits per heavy atom. The summed E-state index contributed by atoms with van der Waals surface area (Å²) < 4.78 is 78.0. The zero-order valence-corrected chi connectivity index (χ0v) is 28.6. The van der Waals surface area contributed by atoms with E-state index in [1.807, 2.05) is 27.7 Å². The van der Waals surface area contributed by atoms with Gasteiger partial charge in [0.1, 0.15) is 24.9 Å². The minimum absolute atomic E-state index is 0.160. The molecule has 0 saturated heterocycles. The molecule has 6 rings (SSSR count). The van der Waals surface area contributed by atoms with Crippen molar-refractivity contribution in [3.05, 3.63) is 78.6 Å². The van der Waals surface area contributed by atoms with E-state index in [2.05, 4.69) is 25.2 Å². The predicted molar refractivity (Wildman–Crippen MR) is 176 cm³/mol. The number of nitrogens with two attached hydrogens (primary N) is 1. The second-order valence-corrected chi connectivity index (χ2v) is 14.2. The van der Waals surface area contributed by atoms with E-state index >= 15 is 0 Å². The highest BCUT2D eigenvalue weighted by Crippen LogP contribution is 2.46. The molecule has 1 saturated carbocycles. The van der Waals surface area contributed by atoms with Crippen LogP contribution in [0, 0.1) is 5.41 Å². The van der Waals surface area contributed by atoms with Crippen LogP contribution in [0.4, 0.5) is 26.7 Å². The number of carbonyl (C=O) groups is 2. The summed E-state index contributed by atoms with van der Waals surface area (Å²) in [6.07, 6.45) is 0.662. The molecule has 1 aliphatic heterocycles. The fourth-order valence-corrected chi connectivity index (χ4v) is 6.14. The molecule has 0 unspecified atom stereocenters. The van der Waals surface area contributed by atoms with E-state index < -0.39 is 59.8 Å². The Labute approximate surface area is 294 Å². The Hall–Kier alpha value is -5.55. The molecule has 4 aromatic rings. The van der Waals surface area contributed by atoms with E-state index in [4.69, 9.17) is 15.5 Å². The molecule has 3 heterocycles. The van der Waals surface area contributed by atoms with Crippen molar-refractivity contribution in [3.8, 4) is 22.6 Å². The Morgan fingerprint density at radius 2 is 1.77 bits per heavy atom. The molecule has 0 radical (unpaired) electrons. The van der Waals surface area contributed by atoms with Crippen LogP contribution < -0.4 is 15.8 Å². The van der Waals surface area contributed by atoms with Gasteiger partial charge in [-0.05, 0) is 60.4 Å². The fourth-order valence-electron chi connectivity index (χ4n) is 6.14. The lowest BCUT2D eigenvalue weighted by atomic mass is 9.75. The number of nitrogens with zero attached hydrogens (tertiary/aromatic N) is 7. The van der Waals surface area contributed by atoms with Crippen molar-refractivity contribution in [2.75, 3.05) is 6.61 Å². The zero-order valence-electron chi connectivity index (χ0n) is 28.6. The molecular weight excluding hydrogens is 693 g/mol. The maximum absolute atomic E-state index is 14.9. The summed E-state index contributed by atoms with van der Waals surface area (Å²) in [5, 5.41) is 10.4. The Kier molecular flexibility index (Phi) is 9.21. The lowest BCUT2D eigenvalue weighted by Gasteiger charge is -2.35. The Morgan fingerprint density at radius 3 is 2.35 bits per heavy atom. The number of aliphatic imine (C=N–C) groups is 1. The van der Waals surface area contributed by atoms with E-state index in [-0.39, 0.29) is 23.6 Å². The smallest absolute Gasteiger partial charge is 0.447 e. The molecule has 13 nitrogen and oxygen atoms in total. The predicted octanol–water partition coefficient (Wildman–Crippen LogP) is 6.23. The van der Waals surface area contributed by atoms with Gasteiger partial charge in [0.2, 0.25) is 0 Å². The molecule has 1 fully saturated rings. The molecule has 0 spiro atoms. The summed E-state index contributed by atoms with van der Waals surface area (Å²) in [4.78, 5) is 37.5. The first-order valence-corrected chi connectivity index (χ1v) is 16.2. The minimum atomic E-state index is -5.04. The number of nitrogens with one attached hydrogen (secondary N) is 1. The average molecular weight is 730 g/mol. The van der Waals surface area contributed by atoms with Gasteiger partial charge in [-0.25, -0.2) is 24.1 Å². The maximum Gasteiger partial charge on any atom is 0.573 e. The number of halogens is 5. The van der Waals surface area contributed by atoms with Gasteiger partial charge in [-0.1, -0.05) is 51.1 Å². The Balaban J connectivity index is 1.41. The largest absolute Gasteiger partial charge is 0.573 e. The Bertz CT molecular complexity index is 1970. The van der Waals surface area contributed by atoms with Crippen LogP contribution in [-0.4, -0.2) is 65.9 Å². The van der Waals surface area contributed by atoms with Gasteiger partial charge < -0.3 is 20.5 Å². The highest BCUT2D eigenvalue weighted by molar-refractivity contribution is 6.07.